The van der Waals surface area contributed by atoms with Gasteiger partial charge in [-0.2, -0.15) is 0 Å². The molecule has 1 saturated heterocycles. The molecule has 1 aliphatic heterocycles. The molecule has 3 nitrogen and oxygen atoms in total. The van der Waals surface area contributed by atoms with E-state index in [0.717, 1.165) is 38.8 Å². The van der Waals surface area contributed by atoms with Crippen molar-refractivity contribution >= 4 is 5.97 Å². The number of nitrogens with one attached hydrogen (secondary N) is 1. The van der Waals surface area contributed by atoms with Crippen molar-refractivity contribution < 1.29 is 9.53 Å². The van der Waals surface area contributed by atoms with Gasteiger partial charge < -0.3 is 10.1 Å². The number of carbonyl (C=O) groups excluding carboxylic acids is 1. The largest absolute Gasteiger partial charge is 0.466 e. The van der Waals surface area contributed by atoms with Crippen molar-refractivity contribution in [2.75, 3.05) is 19.7 Å². The normalized spacial score (nSPS) is 20.4. The number of hydrogen-bond acceptors (Lipinski definition) is 3. The molecule has 76 valence electrons. The molecule has 3 heteroatoms. The molecule has 0 aromatic carbocycles. The Morgan fingerprint density at radius 3 is 2.54 bits per heavy atom. The van der Waals surface area contributed by atoms with Gasteiger partial charge in [0, 0.05) is 0 Å². The lowest BCUT2D eigenvalue weighted by molar-refractivity contribution is -0.148. The Morgan fingerprint density at radius 1 is 1.38 bits per heavy atom. The molecule has 0 bridgehead atoms. The van der Waals surface area contributed by atoms with Crippen LogP contribution in [0.25, 0.3) is 0 Å². The second-order valence-electron chi connectivity index (χ2n) is 3.48. The monoisotopic (exact) mass is 185 g/mol. The first-order valence-corrected chi connectivity index (χ1v) is 5.22. The van der Waals surface area contributed by atoms with E-state index in [2.05, 4.69) is 5.32 Å². The number of esters is 1. The summed E-state index contributed by atoms with van der Waals surface area (Å²) in [7, 11) is 0. The summed E-state index contributed by atoms with van der Waals surface area (Å²) < 4.78 is 5.02. The Balaban J connectivity index is 2.32. The van der Waals surface area contributed by atoms with Gasteiger partial charge >= 0.3 is 5.97 Å². The SMILES string of the molecule is CCOC(=O)C1CCCNCCC1. The summed E-state index contributed by atoms with van der Waals surface area (Å²) in [5.41, 5.74) is 0. The number of rotatable bonds is 2. The Hall–Kier alpha value is -0.570. The lowest BCUT2D eigenvalue weighted by atomic mass is 9.96. The quantitative estimate of drug-likeness (QED) is 0.660. The molecule has 1 heterocycles. The lowest BCUT2D eigenvalue weighted by Gasteiger charge is -2.18. The van der Waals surface area contributed by atoms with E-state index in [-0.39, 0.29) is 11.9 Å². The highest BCUT2D eigenvalue weighted by atomic mass is 16.5. The maximum Gasteiger partial charge on any atom is 0.308 e. The molecule has 0 amide bonds. The predicted octanol–water partition coefficient (Wildman–Crippen LogP) is 1.33. The fourth-order valence-corrected chi connectivity index (χ4v) is 1.71. The van der Waals surface area contributed by atoms with Crippen molar-refractivity contribution in [1.82, 2.24) is 5.32 Å². The molecule has 1 rings (SSSR count). The summed E-state index contributed by atoms with van der Waals surface area (Å²) in [6, 6.07) is 0. The van der Waals surface area contributed by atoms with Gasteiger partial charge in [0.1, 0.15) is 0 Å². The van der Waals surface area contributed by atoms with E-state index in [1.165, 1.54) is 0 Å². The van der Waals surface area contributed by atoms with Crippen LogP contribution in [0, 0.1) is 5.92 Å². The summed E-state index contributed by atoms with van der Waals surface area (Å²) in [5, 5.41) is 3.33. The molecule has 1 fully saturated rings. The molecule has 0 radical (unpaired) electrons. The van der Waals surface area contributed by atoms with E-state index in [0.29, 0.717) is 6.61 Å². The highest BCUT2D eigenvalue weighted by Crippen LogP contribution is 2.16. The Morgan fingerprint density at radius 2 is 2.00 bits per heavy atom. The molecule has 0 aromatic heterocycles. The number of carbonyl (C=O) groups is 1. The third-order valence-corrected chi connectivity index (χ3v) is 2.43. The fraction of sp³-hybridized carbons (Fsp3) is 0.900. The molecule has 0 spiro atoms. The summed E-state index contributed by atoms with van der Waals surface area (Å²) in [4.78, 5) is 11.4. The van der Waals surface area contributed by atoms with Crippen LogP contribution >= 0.6 is 0 Å². The Kier molecular flexibility index (Phi) is 4.83. The third kappa shape index (κ3) is 3.77. The van der Waals surface area contributed by atoms with E-state index in [9.17, 15) is 4.79 Å². The predicted molar refractivity (Wildman–Crippen MR) is 51.5 cm³/mol. The van der Waals surface area contributed by atoms with E-state index < -0.39 is 0 Å². The van der Waals surface area contributed by atoms with Gasteiger partial charge in [0.15, 0.2) is 0 Å². The average Bonchev–Trinajstić information content (AvgIpc) is 2.03. The minimum Gasteiger partial charge on any atom is -0.466 e. The van der Waals surface area contributed by atoms with Gasteiger partial charge in [-0.1, -0.05) is 0 Å². The Bertz CT molecular complexity index is 151. The summed E-state index contributed by atoms with van der Waals surface area (Å²) in [5.74, 6) is 0.159. The van der Waals surface area contributed by atoms with Crippen LogP contribution in [0.4, 0.5) is 0 Å². The van der Waals surface area contributed by atoms with Gasteiger partial charge in [-0.05, 0) is 45.7 Å². The molecule has 0 aliphatic carbocycles. The van der Waals surface area contributed by atoms with Crippen molar-refractivity contribution in [3.05, 3.63) is 0 Å². The average molecular weight is 185 g/mol. The molecular weight excluding hydrogens is 166 g/mol. The summed E-state index contributed by atoms with van der Waals surface area (Å²) in [6.45, 7) is 4.45. The molecular formula is C10H19NO2. The van der Waals surface area contributed by atoms with Gasteiger partial charge in [0.2, 0.25) is 0 Å². The van der Waals surface area contributed by atoms with Gasteiger partial charge in [-0.15, -0.1) is 0 Å². The second kappa shape index (κ2) is 5.97. The lowest BCUT2D eigenvalue weighted by Crippen LogP contribution is -2.26. The van der Waals surface area contributed by atoms with Crippen molar-refractivity contribution in [2.24, 2.45) is 5.92 Å². The van der Waals surface area contributed by atoms with E-state index >= 15 is 0 Å². The fourth-order valence-electron chi connectivity index (χ4n) is 1.71. The highest BCUT2D eigenvalue weighted by Gasteiger charge is 2.19. The van der Waals surface area contributed by atoms with Gasteiger partial charge in [-0.25, -0.2) is 0 Å². The van der Waals surface area contributed by atoms with Crippen molar-refractivity contribution in [2.45, 2.75) is 32.6 Å². The van der Waals surface area contributed by atoms with Crippen LogP contribution in [-0.2, 0) is 9.53 Å². The third-order valence-electron chi connectivity index (χ3n) is 2.43. The van der Waals surface area contributed by atoms with Crippen LogP contribution in [0.2, 0.25) is 0 Å². The first kappa shape index (κ1) is 10.5. The zero-order valence-electron chi connectivity index (χ0n) is 8.34. The standard InChI is InChI=1S/C10H19NO2/c1-2-13-10(12)9-5-3-7-11-8-4-6-9/h9,11H,2-8H2,1H3. The minimum absolute atomic E-state index is 0.00407. The van der Waals surface area contributed by atoms with Gasteiger partial charge in [0.05, 0.1) is 12.5 Å². The molecule has 0 saturated carbocycles. The van der Waals surface area contributed by atoms with Crippen LogP contribution in [0.15, 0.2) is 0 Å². The van der Waals surface area contributed by atoms with Crippen LogP contribution in [0.3, 0.4) is 0 Å². The molecule has 13 heavy (non-hydrogen) atoms. The summed E-state index contributed by atoms with van der Waals surface area (Å²) in [6.07, 6.45) is 4.13. The molecule has 1 aliphatic rings. The van der Waals surface area contributed by atoms with Gasteiger partial charge in [-0.3, -0.25) is 4.79 Å². The van der Waals surface area contributed by atoms with E-state index in [4.69, 9.17) is 4.74 Å². The molecule has 1 N–H and O–H groups in total. The molecule has 0 unspecified atom stereocenters. The second-order valence-corrected chi connectivity index (χ2v) is 3.48. The van der Waals surface area contributed by atoms with Crippen molar-refractivity contribution in [3.8, 4) is 0 Å². The zero-order valence-corrected chi connectivity index (χ0v) is 8.34. The van der Waals surface area contributed by atoms with E-state index in [1.807, 2.05) is 6.92 Å². The number of ether oxygens (including phenoxy) is 1. The van der Waals surface area contributed by atoms with E-state index in [1.54, 1.807) is 0 Å². The highest BCUT2D eigenvalue weighted by molar-refractivity contribution is 5.72. The van der Waals surface area contributed by atoms with Crippen LogP contribution in [0.1, 0.15) is 32.6 Å². The first-order chi connectivity index (χ1) is 6.34. The number of hydrogen-bond donors (Lipinski definition) is 1. The first-order valence-electron chi connectivity index (χ1n) is 5.22. The van der Waals surface area contributed by atoms with Crippen molar-refractivity contribution in [1.29, 1.82) is 0 Å². The van der Waals surface area contributed by atoms with Gasteiger partial charge in [0.25, 0.3) is 0 Å². The maximum atomic E-state index is 11.4. The summed E-state index contributed by atoms with van der Waals surface area (Å²) >= 11 is 0. The minimum atomic E-state index is 0.00407. The van der Waals surface area contributed by atoms with Crippen LogP contribution < -0.4 is 5.32 Å². The smallest absolute Gasteiger partial charge is 0.308 e. The van der Waals surface area contributed by atoms with Crippen LogP contribution in [-0.4, -0.2) is 25.7 Å². The molecule has 0 atom stereocenters. The topological polar surface area (TPSA) is 38.3 Å². The molecule has 0 aromatic rings. The zero-order chi connectivity index (χ0) is 9.52. The Labute approximate surface area is 79.8 Å². The van der Waals surface area contributed by atoms with Crippen molar-refractivity contribution in [3.63, 3.8) is 0 Å². The van der Waals surface area contributed by atoms with Crippen LogP contribution in [0.5, 0.6) is 0 Å². The maximum absolute atomic E-state index is 11.4.